The van der Waals surface area contributed by atoms with Crippen molar-refractivity contribution in [1.29, 1.82) is 0 Å². The van der Waals surface area contributed by atoms with Crippen molar-refractivity contribution >= 4 is 21.6 Å². The molecule has 128 valence electrons. The molecule has 0 saturated heterocycles. The van der Waals surface area contributed by atoms with E-state index in [9.17, 15) is 13.2 Å². The Morgan fingerprint density at radius 2 is 1.96 bits per heavy atom. The van der Waals surface area contributed by atoms with E-state index >= 15 is 0 Å². The molecule has 0 spiro atoms. The average Bonchev–Trinajstić information content (AvgIpc) is 2.42. The first-order valence-electron chi connectivity index (χ1n) is 7.90. The second-order valence-electron chi connectivity index (χ2n) is 5.68. The molecule has 1 fully saturated rings. The van der Waals surface area contributed by atoms with Crippen LogP contribution < -0.4 is 14.4 Å². The lowest BCUT2D eigenvalue weighted by Gasteiger charge is -2.26. The zero-order valence-electron chi connectivity index (χ0n) is 13.6. The minimum Gasteiger partial charge on any atom is -0.494 e. The highest BCUT2D eigenvalue weighted by Crippen LogP contribution is 2.26. The first-order valence-corrected chi connectivity index (χ1v) is 9.75. The lowest BCUT2D eigenvalue weighted by Crippen LogP contribution is -2.41. The van der Waals surface area contributed by atoms with Gasteiger partial charge in [-0.1, -0.05) is 6.42 Å². The predicted molar refractivity (Wildman–Crippen MR) is 90.2 cm³/mol. The van der Waals surface area contributed by atoms with Gasteiger partial charge in [0.15, 0.2) is 0 Å². The van der Waals surface area contributed by atoms with Gasteiger partial charge in [-0.25, -0.2) is 8.42 Å². The third-order valence-electron chi connectivity index (χ3n) is 3.93. The highest BCUT2D eigenvalue weighted by Gasteiger charge is 2.25. The van der Waals surface area contributed by atoms with Gasteiger partial charge in [-0.05, 0) is 44.0 Å². The lowest BCUT2D eigenvalue weighted by molar-refractivity contribution is -0.127. The molecular weight excluding hydrogens is 316 g/mol. The van der Waals surface area contributed by atoms with Crippen molar-refractivity contribution in [1.82, 2.24) is 5.32 Å². The highest BCUT2D eigenvalue weighted by molar-refractivity contribution is 7.92. The van der Waals surface area contributed by atoms with E-state index in [1.165, 1.54) is 4.31 Å². The molecule has 0 unspecified atom stereocenters. The van der Waals surface area contributed by atoms with Crippen molar-refractivity contribution in [2.45, 2.75) is 26.2 Å². The van der Waals surface area contributed by atoms with E-state index in [0.29, 0.717) is 24.6 Å². The van der Waals surface area contributed by atoms with Crippen LogP contribution in [0.5, 0.6) is 5.75 Å². The maximum absolute atomic E-state index is 12.0. The average molecular weight is 340 g/mol. The molecule has 1 N–H and O–H groups in total. The lowest BCUT2D eigenvalue weighted by atomic mass is 9.85. The van der Waals surface area contributed by atoms with Crippen molar-refractivity contribution in [3.8, 4) is 5.75 Å². The van der Waals surface area contributed by atoms with Gasteiger partial charge in [0.25, 0.3) is 0 Å². The van der Waals surface area contributed by atoms with Crippen LogP contribution in [0.1, 0.15) is 26.2 Å². The van der Waals surface area contributed by atoms with Gasteiger partial charge in [0.05, 0.1) is 25.1 Å². The number of ether oxygens (including phenoxy) is 1. The molecule has 0 bridgehead atoms. The number of hydrogen-bond donors (Lipinski definition) is 1. The molecule has 23 heavy (non-hydrogen) atoms. The monoisotopic (exact) mass is 340 g/mol. The van der Waals surface area contributed by atoms with E-state index in [2.05, 4.69) is 5.32 Å². The summed E-state index contributed by atoms with van der Waals surface area (Å²) in [7, 11) is -3.41. The first kappa shape index (κ1) is 17.6. The van der Waals surface area contributed by atoms with Gasteiger partial charge in [-0.2, -0.15) is 0 Å². The second-order valence-corrected chi connectivity index (χ2v) is 7.59. The SMILES string of the molecule is CCOc1ccc(N(CCNC(=O)C2CCC2)S(C)(=O)=O)cc1. The summed E-state index contributed by atoms with van der Waals surface area (Å²) in [6.07, 6.45) is 4.12. The van der Waals surface area contributed by atoms with Crippen LogP contribution in [0.4, 0.5) is 5.69 Å². The summed E-state index contributed by atoms with van der Waals surface area (Å²) < 4.78 is 30.7. The van der Waals surface area contributed by atoms with E-state index in [-0.39, 0.29) is 18.4 Å². The van der Waals surface area contributed by atoms with E-state index in [1.807, 2.05) is 6.92 Å². The number of hydrogen-bond acceptors (Lipinski definition) is 4. The molecule has 1 aliphatic rings. The second kappa shape index (κ2) is 7.68. The molecule has 1 amide bonds. The third kappa shape index (κ3) is 4.86. The zero-order valence-corrected chi connectivity index (χ0v) is 14.4. The third-order valence-corrected chi connectivity index (χ3v) is 5.12. The van der Waals surface area contributed by atoms with Crippen LogP contribution in [-0.2, 0) is 14.8 Å². The molecule has 0 atom stereocenters. The van der Waals surface area contributed by atoms with E-state index in [0.717, 1.165) is 25.5 Å². The molecule has 1 aromatic rings. The van der Waals surface area contributed by atoms with Crippen LogP contribution >= 0.6 is 0 Å². The molecule has 6 nitrogen and oxygen atoms in total. The van der Waals surface area contributed by atoms with E-state index in [4.69, 9.17) is 4.74 Å². The molecule has 0 radical (unpaired) electrons. The number of nitrogens with one attached hydrogen (secondary N) is 1. The van der Waals surface area contributed by atoms with Gasteiger partial charge >= 0.3 is 0 Å². The molecule has 0 aromatic heterocycles. The molecule has 0 heterocycles. The Morgan fingerprint density at radius 1 is 1.30 bits per heavy atom. The number of carbonyl (C=O) groups is 1. The number of carbonyl (C=O) groups excluding carboxylic acids is 1. The molecule has 0 aliphatic heterocycles. The summed E-state index contributed by atoms with van der Waals surface area (Å²) >= 11 is 0. The number of rotatable bonds is 8. The molecule has 1 aliphatic carbocycles. The van der Waals surface area contributed by atoms with Crippen LogP contribution in [-0.4, -0.2) is 40.3 Å². The maximum atomic E-state index is 12.0. The number of amides is 1. The van der Waals surface area contributed by atoms with Gasteiger partial charge in [0.1, 0.15) is 5.75 Å². The van der Waals surface area contributed by atoms with Crippen LogP contribution in [0.15, 0.2) is 24.3 Å². The Kier molecular flexibility index (Phi) is 5.87. The molecule has 7 heteroatoms. The molecule has 1 aromatic carbocycles. The molecular formula is C16H24N2O4S. The van der Waals surface area contributed by atoms with Crippen LogP contribution in [0.3, 0.4) is 0 Å². The Labute approximate surface area is 137 Å². The van der Waals surface area contributed by atoms with Crippen molar-refractivity contribution in [2.24, 2.45) is 5.92 Å². The van der Waals surface area contributed by atoms with Crippen LogP contribution in [0, 0.1) is 5.92 Å². The fraction of sp³-hybridized carbons (Fsp3) is 0.562. The van der Waals surface area contributed by atoms with Crippen molar-refractivity contribution < 1.29 is 17.9 Å². The minimum absolute atomic E-state index is 0.0244. The zero-order chi connectivity index (χ0) is 16.9. The fourth-order valence-electron chi connectivity index (χ4n) is 2.46. The van der Waals surface area contributed by atoms with E-state index in [1.54, 1.807) is 24.3 Å². The van der Waals surface area contributed by atoms with Crippen molar-refractivity contribution in [3.05, 3.63) is 24.3 Å². The summed E-state index contributed by atoms with van der Waals surface area (Å²) in [5.41, 5.74) is 0.564. The number of nitrogens with zero attached hydrogens (tertiary/aromatic N) is 1. The van der Waals surface area contributed by atoms with Gasteiger partial charge in [0.2, 0.25) is 15.9 Å². The van der Waals surface area contributed by atoms with Gasteiger partial charge < -0.3 is 10.1 Å². The highest BCUT2D eigenvalue weighted by atomic mass is 32.2. The Morgan fingerprint density at radius 3 is 2.43 bits per heavy atom. The van der Waals surface area contributed by atoms with E-state index < -0.39 is 10.0 Å². The van der Waals surface area contributed by atoms with Crippen LogP contribution in [0.2, 0.25) is 0 Å². The number of anilines is 1. The quantitative estimate of drug-likeness (QED) is 0.782. The van der Waals surface area contributed by atoms with Crippen LogP contribution in [0.25, 0.3) is 0 Å². The summed E-state index contributed by atoms with van der Waals surface area (Å²) in [5, 5.41) is 2.82. The van der Waals surface area contributed by atoms with Gasteiger partial charge in [-0.15, -0.1) is 0 Å². The smallest absolute Gasteiger partial charge is 0.232 e. The normalized spacial score (nSPS) is 14.9. The fourth-order valence-corrected chi connectivity index (χ4v) is 3.38. The number of sulfonamides is 1. The molecule has 1 saturated carbocycles. The Bertz CT molecular complexity index is 624. The summed E-state index contributed by atoms with van der Waals surface area (Å²) in [5.74, 6) is 0.826. The summed E-state index contributed by atoms with van der Waals surface area (Å²) in [4.78, 5) is 11.8. The standard InChI is InChI=1S/C16H24N2O4S/c1-3-22-15-9-7-14(8-10-15)18(23(2,20)21)12-11-17-16(19)13-5-4-6-13/h7-10,13H,3-6,11-12H2,1-2H3,(H,17,19). The Balaban J connectivity index is 1.98. The largest absolute Gasteiger partial charge is 0.494 e. The topological polar surface area (TPSA) is 75.7 Å². The minimum atomic E-state index is -3.41. The van der Waals surface area contributed by atoms with Crippen molar-refractivity contribution in [3.63, 3.8) is 0 Å². The summed E-state index contributed by atoms with van der Waals surface area (Å²) in [6.45, 7) is 2.96. The predicted octanol–water partition coefficient (Wildman–Crippen LogP) is 1.77. The molecule has 2 rings (SSSR count). The Hall–Kier alpha value is -1.76. The van der Waals surface area contributed by atoms with Gasteiger partial charge in [0, 0.05) is 12.5 Å². The van der Waals surface area contributed by atoms with Gasteiger partial charge in [-0.3, -0.25) is 9.10 Å². The maximum Gasteiger partial charge on any atom is 0.232 e. The number of benzene rings is 1. The summed E-state index contributed by atoms with van der Waals surface area (Å²) in [6, 6.07) is 6.90. The first-order chi connectivity index (χ1) is 10.9. The van der Waals surface area contributed by atoms with Crippen molar-refractivity contribution in [2.75, 3.05) is 30.3 Å².